The van der Waals surface area contributed by atoms with E-state index in [4.69, 9.17) is 0 Å². The molecular weight excluding hydrogens is 220 g/mol. The van der Waals surface area contributed by atoms with E-state index in [1.807, 2.05) is 5.38 Å². The zero-order valence-electron chi connectivity index (χ0n) is 9.43. The first-order valence-corrected chi connectivity index (χ1v) is 6.95. The molecule has 1 atom stereocenters. The molecule has 0 radical (unpaired) electrons. The van der Waals surface area contributed by atoms with Gasteiger partial charge in [0, 0.05) is 31.1 Å². The van der Waals surface area contributed by atoms with E-state index in [0.717, 1.165) is 18.2 Å². The first kappa shape index (κ1) is 10.6. The van der Waals surface area contributed by atoms with Gasteiger partial charge in [-0.05, 0) is 43.3 Å². The van der Waals surface area contributed by atoms with E-state index < -0.39 is 0 Å². The number of rotatable bonds is 5. The van der Waals surface area contributed by atoms with Crippen molar-refractivity contribution in [1.29, 1.82) is 0 Å². The number of aromatic nitrogens is 2. The van der Waals surface area contributed by atoms with Crippen molar-refractivity contribution in [3.63, 3.8) is 0 Å². The highest BCUT2D eigenvalue weighted by Gasteiger charge is 2.28. The quantitative estimate of drug-likeness (QED) is 0.834. The van der Waals surface area contributed by atoms with Gasteiger partial charge in [-0.3, -0.25) is 0 Å². The Morgan fingerprint density at radius 2 is 2.38 bits per heavy atom. The summed E-state index contributed by atoms with van der Waals surface area (Å²) in [6.07, 6.45) is 4.20. The highest BCUT2D eigenvalue weighted by atomic mass is 32.1. The average Bonchev–Trinajstić information content (AvgIpc) is 2.81. The fourth-order valence-corrected chi connectivity index (χ4v) is 2.79. The van der Waals surface area contributed by atoms with Crippen molar-refractivity contribution in [3.05, 3.63) is 11.1 Å². The second-order valence-corrected chi connectivity index (χ2v) is 5.58. The van der Waals surface area contributed by atoms with Gasteiger partial charge in [-0.1, -0.05) is 4.49 Å². The zero-order chi connectivity index (χ0) is 10.8. The van der Waals surface area contributed by atoms with Crippen molar-refractivity contribution in [3.8, 4) is 0 Å². The summed E-state index contributed by atoms with van der Waals surface area (Å²) in [5.74, 6) is 1.02. The summed E-state index contributed by atoms with van der Waals surface area (Å²) in [4.78, 5) is 2.61. The third kappa shape index (κ3) is 2.78. The topological polar surface area (TPSA) is 41.1 Å². The molecule has 5 heteroatoms. The van der Waals surface area contributed by atoms with Crippen LogP contribution in [-0.2, 0) is 6.54 Å². The van der Waals surface area contributed by atoms with Gasteiger partial charge in [-0.25, -0.2) is 0 Å². The van der Waals surface area contributed by atoms with E-state index in [9.17, 15) is 0 Å². The van der Waals surface area contributed by atoms with Gasteiger partial charge in [0.05, 0.1) is 5.69 Å². The average molecular weight is 238 g/mol. The first-order chi connectivity index (χ1) is 7.90. The van der Waals surface area contributed by atoms with E-state index in [2.05, 4.69) is 19.8 Å². The van der Waals surface area contributed by atoms with Crippen molar-refractivity contribution < 1.29 is 0 Å². The zero-order valence-corrected chi connectivity index (χ0v) is 10.2. The normalized spacial score (nSPS) is 26.4. The van der Waals surface area contributed by atoms with Gasteiger partial charge < -0.3 is 10.2 Å². The summed E-state index contributed by atoms with van der Waals surface area (Å²) in [6.45, 7) is 4.69. The lowest BCUT2D eigenvalue weighted by molar-refractivity contribution is 0.314. The Hall–Kier alpha value is -0.520. The Kier molecular flexibility index (Phi) is 3.17. The highest BCUT2D eigenvalue weighted by molar-refractivity contribution is 7.03. The molecule has 88 valence electrons. The minimum absolute atomic E-state index is 0.653. The minimum atomic E-state index is 0.653. The highest BCUT2D eigenvalue weighted by Crippen LogP contribution is 2.30. The van der Waals surface area contributed by atoms with Crippen LogP contribution in [0.25, 0.3) is 0 Å². The maximum absolute atomic E-state index is 4.05. The van der Waals surface area contributed by atoms with Crippen molar-refractivity contribution in [1.82, 2.24) is 19.8 Å². The largest absolute Gasteiger partial charge is 0.307 e. The molecule has 1 aliphatic carbocycles. The third-order valence-electron chi connectivity index (χ3n) is 3.46. The first-order valence-electron chi connectivity index (χ1n) is 6.12. The maximum Gasteiger partial charge on any atom is 0.0893 e. The lowest BCUT2D eigenvalue weighted by atomic mass is 10.2. The van der Waals surface area contributed by atoms with Crippen LogP contribution in [0.15, 0.2) is 5.38 Å². The van der Waals surface area contributed by atoms with Gasteiger partial charge in [0.25, 0.3) is 0 Å². The summed E-state index contributed by atoms with van der Waals surface area (Å²) in [5.41, 5.74) is 1.07. The fraction of sp³-hybridized carbons (Fsp3) is 0.818. The molecule has 0 bridgehead atoms. The molecule has 1 saturated heterocycles. The third-order valence-corrected chi connectivity index (χ3v) is 4.02. The monoisotopic (exact) mass is 238 g/mol. The van der Waals surface area contributed by atoms with Crippen LogP contribution in [-0.4, -0.2) is 40.2 Å². The number of hydrogen-bond donors (Lipinski definition) is 1. The summed E-state index contributed by atoms with van der Waals surface area (Å²) < 4.78 is 3.87. The molecule has 2 heterocycles. The van der Waals surface area contributed by atoms with Gasteiger partial charge in [-0.15, -0.1) is 5.10 Å². The van der Waals surface area contributed by atoms with Gasteiger partial charge in [0.2, 0.25) is 0 Å². The van der Waals surface area contributed by atoms with Gasteiger partial charge in [0.1, 0.15) is 0 Å². The van der Waals surface area contributed by atoms with Crippen LogP contribution in [0.4, 0.5) is 0 Å². The second kappa shape index (κ2) is 4.77. The lowest BCUT2D eigenvalue weighted by Gasteiger charge is -2.15. The Bertz CT molecular complexity index is 323. The van der Waals surface area contributed by atoms with Gasteiger partial charge in [-0.2, -0.15) is 0 Å². The Balaban J connectivity index is 1.39. The van der Waals surface area contributed by atoms with E-state index in [-0.39, 0.29) is 0 Å². The van der Waals surface area contributed by atoms with Crippen molar-refractivity contribution >= 4 is 11.5 Å². The lowest BCUT2D eigenvalue weighted by Crippen LogP contribution is -2.32. The van der Waals surface area contributed by atoms with Gasteiger partial charge >= 0.3 is 0 Å². The second-order valence-electron chi connectivity index (χ2n) is 4.97. The molecule has 2 fully saturated rings. The standard InChI is InChI=1S/C11H18N4S/c1-2-9(1)6-15-4-3-10(7-15)12-5-11-8-16-14-13-11/h8-10,12H,1-7H2. The van der Waals surface area contributed by atoms with E-state index >= 15 is 0 Å². The molecule has 1 aromatic rings. The molecule has 0 aromatic carbocycles. The summed E-state index contributed by atoms with van der Waals surface area (Å²) in [7, 11) is 0. The Morgan fingerprint density at radius 1 is 1.44 bits per heavy atom. The van der Waals surface area contributed by atoms with E-state index in [1.165, 1.54) is 50.4 Å². The van der Waals surface area contributed by atoms with Crippen LogP contribution in [0.2, 0.25) is 0 Å². The fourth-order valence-electron chi connectivity index (χ4n) is 2.34. The van der Waals surface area contributed by atoms with Gasteiger partial charge in [0.15, 0.2) is 0 Å². The predicted octanol–water partition coefficient (Wildman–Crippen LogP) is 1.11. The summed E-state index contributed by atoms with van der Waals surface area (Å²) in [5, 5.41) is 9.63. The smallest absolute Gasteiger partial charge is 0.0893 e. The Labute approximate surface area is 100 Å². The van der Waals surface area contributed by atoms with E-state index in [0.29, 0.717) is 6.04 Å². The molecular formula is C11H18N4S. The van der Waals surface area contributed by atoms with Crippen LogP contribution in [0.3, 0.4) is 0 Å². The van der Waals surface area contributed by atoms with Crippen LogP contribution in [0.1, 0.15) is 25.0 Å². The number of likely N-dealkylation sites (tertiary alicyclic amines) is 1. The van der Waals surface area contributed by atoms with Crippen molar-refractivity contribution in [2.75, 3.05) is 19.6 Å². The van der Waals surface area contributed by atoms with Crippen molar-refractivity contribution in [2.24, 2.45) is 5.92 Å². The molecule has 1 aromatic heterocycles. The number of nitrogens with one attached hydrogen (secondary N) is 1. The van der Waals surface area contributed by atoms with E-state index in [1.54, 1.807) is 0 Å². The summed E-state index contributed by atoms with van der Waals surface area (Å²) in [6, 6.07) is 0.653. The minimum Gasteiger partial charge on any atom is -0.307 e. The molecule has 2 aliphatic rings. The molecule has 16 heavy (non-hydrogen) atoms. The number of hydrogen-bond acceptors (Lipinski definition) is 5. The van der Waals surface area contributed by atoms with Crippen molar-refractivity contribution in [2.45, 2.75) is 31.8 Å². The van der Waals surface area contributed by atoms with Crippen LogP contribution in [0, 0.1) is 5.92 Å². The molecule has 1 N–H and O–H groups in total. The van der Waals surface area contributed by atoms with Crippen LogP contribution < -0.4 is 5.32 Å². The number of nitrogens with zero attached hydrogens (tertiary/aromatic N) is 3. The summed E-state index contributed by atoms with van der Waals surface area (Å²) >= 11 is 1.43. The molecule has 0 spiro atoms. The molecule has 1 aliphatic heterocycles. The molecule has 1 saturated carbocycles. The predicted molar refractivity (Wildman–Crippen MR) is 64.3 cm³/mol. The molecule has 1 unspecified atom stereocenters. The van der Waals surface area contributed by atoms with Crippen LogP contribution in [0.5, 0.6) is 0 Å². The molecule has 4 nitrogen and oxygen atoms in total. The Morgan fingerprint density at radius 3 is 3.12 bits per heavy atom. The van der Waals surface area contributed by atoms with Crippen LogP contribution >= 0.6 is 11.5 Å². The maximum atomic E-state index is 4.05. The molecule has 3 rings (SSSR count). The molecule has 0 amide bonds. The SMILES string of the molecule is c1snnc1CNC1CCN(CC2CC2)C1.